The number of carboxylic acid groups (broad SMARTS) is 1. The normalized spacial score (nSPS) is 14.3. The highest BCUT2D eigenvalue weighted by molar-refractivity contribution is 5.82. The van der Waals surface area contributed by atoms with Crippen molar-refractivity contribution in [3.05, 3.63) is 29.1 Å². The number of aliphatic carboxylic acids is 1. The van der Waals surface area contributed by atoms with Crippen LogP contribution in [0, 0.1) is 13.8 Å². The molecule has 0 spiro atoms. The van der Waals surface area contributed by atoms with Gasteiger partial charge in [-0.05, 0) is 49.9 Å². The number of benzene rings is 1. The molecular weight excluding hydrogens is 266 g/mol. The van der Waals surface area contributed by atoms with Gasteiger partial charge in [-0.1, -0.05) is 13.8 Å². The predicted octanol–water partition coefficient (Wildman–Crippen LogP) is 3.10. The van der Waals surface area contributed by atoms with Gasteiger partial charge in [-0.15, -0.1) is 0 Å². The molecule has 3 N–H and O–H groups in total. The molecule has 0 saturated carbocycles. The Morgan fingerprint density at radius 3 is 2.43 bits per heavy atom. The van der Waals surface area contributed by atoms with Crippen molar-refractivity contribution in [1.29, 1.82) is 0 Å². The van der Waals surface area contributed by atoms with Crippen LogP contribution >= 0.6 is 0 Å². The highest BCUT2D eigenvalue weighted by atomic mass is 16.4. The van der Waals surface area contributed by atoms with Crippen molar-refractivity contribution >= 4 is 17.0 Å². The Labute approximate surface area is 124 Å². The first-order valence-electron chi connectivity index (χ1n) is 7.38. The van der Waals surface area contributed by atoms with Crippen LogP contribution in [0.3, 0.4) is 0 Å². The quantitative estimate of drug-likeness (QED) is 0.886. The summed E-state index contributed by atoms with van der Waals surface area (Å²) in [5.41, 5.74) is 10.1. The maximum Gasteiger partial charge on any atom is 0.326 e. The molecule has 0 bridgehead atoms. The van der Waals surface area contributed by atoms with Gasteiger partial charge in [0.15, 0.2) is 0 Å². The Morgan fingerprint density at radius 1 is 1.29 bits per heavy atom. The summed E-state index contributed by atoms with van der Waals surface area (Å²) in [5.74, 6) is -0.189. The van der Waals surface area contributed by atoms with Crippen LogP contribution in [0.4, 0.5) is 0 Å². The van der Waals surface area contributed by atoms with Crippen molar-refractivity contribution < 1.29 is 9.90 Å². The van der Waals surface area contributed by atoms with E-state index >= 15 is 0 Å². The second-order valence-corrected chi connectivity index (χ2v) is 5.54. The number of carboxylic acids is 1. The van der Waals surface area contributed by atoms with E-state index in [1.165, 1.54) is 0 Å². The van der Waals surface area contributed by atoms with Crippen LogP contribution in [0.1, 0.15) is 55.7 Å². The molecule has 5 nitrogen and oxygen atoms in total. The van der Waals surface area contributed by atoms with Crippen LogP contribution in [0.25, 0.3) is 11.0 Å². The largest absolute Gasteiger partial charge is 0.480 e. The summed E-state index contributed by atoms with van der Waals surface area (Å²) >= 11 is 0. The van der Waals surface area contributed by atoms with E-state index in [-0.39, 0.29) is 6.04 Å². The van der Waals surface area contributed by atoms with Crippen LogP contribution in [-0.4, -0.2) is 20.6 Å². The van der Waals surface area contributed by atoms with Gasteiger partial charge in [0.05, 0.1) is 17.1 Å². The second kappa shape index (κ2) is 5.85. The molecule has 2 aromatic rings. The molecular formula is C16H23N3O2. The van der Waals surface area contributed by atoms with Crippen molar-refractivity contribution in [3.8, 4) is 0 Å². The topological polar surface area (TPSA) is 81.1 Å². The summed E-state index contributed by atoms with van der Waals surface area (Å²) in [4.78, 5) is 16.2. The molecule has 114 valence electrons. The monoisotopic (exact) mass is 289 g/mol. The van der Waals surface area contributed by atoms with Crippen molar-refractivity contribution in [1.82, 2.24) is 9.55 Å². The van der Waals surface area contributed by atoms with E-state index in [9.17, 15) is 9.90 Å². The summed E-state index contributed by atoms with van der Waals surface area (Å²) in [6.07, 6.45) is 1.22. The number of nitrogens with zero attached hydrogens (tertiary/aromatic N) is 2. The number of imidazole rings is 1. The third-order valence-corrected chi connectivity index (χ3v) is 4.09. The molecule has 5 heteroatoms. The average molecular weight is 289 g/mol. The maximum absolute atomic E-state index is 11.6. The van der Waals surface area contributed by atoms with Crippen molar-refractivity contribution in [3.63, 3.8) is 0 Å². The number of hydrogen-bond acceptors (Lipinski definition) is 3. The minimum atomic E-state index is -0.848. The zero-order chi connectivity index (χ0) is 15.7. The maximum atomic E-state index is 11.6. The Morgan fingerprint density at radius 2 is 1.90 bits per heavy atom. The molecule has 1 heterocycles. The zero-order valence-corrected chi connectivity index (χ0v) is 13.1. The van der Waals surface area contributed by atoms with Gasteiger partial charge in [0.25, 0.3) is 0 Å². The molecule has 0 radical (unpaired) electrons. The zero-order valence-electron chi connectivity index (χ0n) is 13.1. The highest BCUT2D eigenvalue weighted by Crippen LogP contribution is 2.29. The summed E-state index contributed by atoms with van der Waals surface area (Å²) in [6.45, 7) is 7.90. The fourth-order valence-electron chi connectivity index (χ4n) is 2.61. The number of nitrogens with two attached hydrogens (primary N) is 1. The van der Waals surface area contributed by atoms with Crippen LogP contribution in [0.5, 0.6) is 0 Å². The van der Waals surface area contributed by atoms with Crippen molar-refractivity contribution in [2.45, 2.75) is 52.6 Å². The smallest absolute Gasteiger partial charge is 0.326 e. The first kappa shape index (κ1) is 15.5. The first-order valence-corrected chi connectivity index (χ1v) is 7.38. The molecule has 1 aromatic carbocycles. The van der Waals surface area contributed by atoms with E-state index in [0.29, 0.717) is 12.2 Å². The number of hydrogen-bond donors (Lipinski definition) is 2. The molecule has 0 aliphatic heterocycles. The summed E-state index contributed by atoms with van der Waals surface area (Å²) < 4.78 is 1.80. The molecule has 0 aliphatic rings. The number of carbonyl (C=O) groups is 1. The Kier molecular flexibility index (Phi) is 4.32. The van der Waals surface area contributed by atoms with Crippen molar-refractivity contribution in [2.24, 2.45) is 5.73 Å². The molecule has 0 fully saturated rings. The lowest BCUT2D eigenvalue weighted by Crippen LogP contribution is -2.24. The minimum absolute atomic E-state index is 0.258. The summed E-state index contributed by atoms with van der Waals surface area (Å²) in [5, 5.41) is 9.52. The lowest BCUT2D eigenvalue weighted by Gasteiger charge is -2.19. The van der Waals surface area contributed by atoms with Crippen LogP contribution in [0.15, 0.2) is 12.1 Å². The van der Waals surface area contributed by atoms with Gasteiger partial charge in [-0.2, -0.15) is 0 Å². The highest BCUT2D eigenvalue weighted by Gasteiger charge is 2.26. The Hall–Kier alpha value is -1.88. The third-order valence-electron chi connectivity index (χ3n) is 4.09. The number of aromatic nitrogens is 2. The fourth-order valence-corrected chi connectivity index (χ4v) is 2.61. The van der Waals surface area contributed by atoms with Crippen LogP contribution in [0.2, 0.25) is 0 Å². The van der Waals surface area contributed by atoms with E-state index in [1.54, 1.807) is 4.57 Å². The Bertz CT molecular complexity index is 676. The lowest BCUT2D eigenvalue weighted by atomic mass is 10.1. The molecule has 0 amide bonds. The fraction of sp³-hybridized carbons (Fsp3) is 0.500. The van der Waals surface area contributed by atoms with Crippen molar-refractivity contribution in [2.75, 3.05) is 0 Å². The second-order valence-electron chi connectivity index (χ2n) is 5.54. The third kappa shape index (κ3) is 2.65. The van der Waals surface area contributed by atoms with Gasteiger partial charge in [0.2, 0.25) is 0 Å². The standard InChI is InChI=1S/C16H23N3O2/c1-5-11(17)15-18-12-7-9(3)10(4)8-14(12)19(15)13(6-2)16(20)21/h7-8,11,13H,5-6,17H2,1-4H3,(H,20,21). The van der Waals surface area contributed by atoms with Gasteiger partial charge in [-0.25, -0.2) is 9.78 Å². The Balaban J connectivity index is 2.79. The minimum Gasteiger partial charge on any atom is -0.480 e. The van der Waals surface area contributed by atoms with Gasteiger partial charge in [0.1, 0.15) is 11.9 Å². The van der Waals surface area contributed by atoms with E-state index in [0.717, 1.165) is 28.6 Å². The summed E-state index contributed by atoms with van der Waals surface area (Å²) in [7, 11) is 0. The molecule has 0 aliphatic carbocycles. The van der Waals surface area contributed by atoms with Gasteiger partial charge in [-0.3, -0.25) is 0 Å². The molecule has 0 saturated heterocycles. The number of aryl methyl sites for hydroxylation is 2. The molecule has 2 atom stereocenters. The van der Waals surface area contributed by atoms with Crippen LogP contribution < -0.4 is 5.73 Å². The summed E-state index contributed by atoms with van der Waals surface area (Å²) in [6, 6.07) is 3.12. The number of fused-ring (bicyclic) bond motifs is 1. The van der Waals surface area contributed by atoms with E-state index in [4.69, 9.17) is 5.73 Å². The molecule has 2 rings (SSSR count). The lowest BCUT2D eigenvalue weighted by molar-refractivity contribution is -0.141. The predicted molar refractivity (Wildman–Crippen MR) is 83.4 cm³/mol. The molecule has 1 aromatic heterocycles. The van der Waals surface area contributed by atoms with Gasteiger partial charge in [0, 0.05) is 0 Å². The first-order chi connectivity index (χ1) is 9.90. The van der Waals surface area contributed by atoms with E-state index < -0.39 is 12.0 Å². The average Bonchev–Trinajstić information content (AvgIpc) is 2.78. The number of rotatable bonds is 5. The SMILES string of the molecule is CCC(N)c1nc2cc(C)c(C)cc2n1C(CC)C(=O)O. The molecule has 2 unspecified atom stereocenters. The van der Waals surface area contributed by atoms with Crippen LogP contribution in [-0.2, 0) is 4.79 Å². The van der Waals surface area contributed by atoms with Gasteiger partial charge >= 0.3 is 5.97 Å². The molecule has 21 heavy (non-hydrogen) atoms. The van der Waals surface area contributed by atoms with Gasteiger partial charge < -0.3 is 15.4 Å². The van der Waals surface area contributed by atoms with E-state index in [1.807, 2.05) is 39.8 Å². The van der Waals surface area contributed by atoms with E-state index in [2.05, 4.69) is 4.98 Å².